The molecule has 2 aromatic heterocycles. The van der Waals surface area contributed by atoms with E-state index in [4.69, 9.17) is 0 Å². The number of anilines is 1. The molecule has 1 amide bonds. The van der Waals surface area contributed by atoms with Crippen molar-refractivity contribution >= 4 is 27.9 Å². The number of benzene rings is 1. The zero-order valence-corrected chi connectivity index (χ0v) is 12.1. The van der Waals surface area contributed by atoms with Crippen LogP contribution in [-0.2, 0) is 0 Å². The SMILES string of the molecule is Cc1csc2ncc(C(=O)Nc3c(F)cccc3F)c(=O)n12. The monoisotopic (exact) mass is 321 g/mol. The Kier molecular flexibility index (Phi) is 3.45. The number of halogens is 2. The van der Waals surface area contributed by atoms with Gasteiger partial charge in [-0.05, 0) is 19.1 Å². The van der Waals surface area contributed by atoms with Crippen molar-refractivity contribution in [3.63, 3.8) is 0 Å². The predicted octanol–water partition coefficient (Wildman–Crippen LogP) is 2.59. The molecule has 0 unspecified atom stereocenters. The maximum absolute atomic E-state index is 13.5. The van der Waals surface area contributed by atoms with Gasteiger partial charge in [-0.25, -0.2) is 13.8 Å². The zero-order valence-electron chi connectivity index (χ0n) is 11.3. The number of nitrogens with one attached hydrogen (secondary N) is 1. The lowest BCUT2D eigenvalue weighted by atomic mass is 10.2. The van der Waals surface area contributed by atoms with Crippen molar-refractivity contribution in [3.8, 4) is 0 Å². The second kappa shape index (κ2) is 5.30. The van der Waals surface area contributed by atoms with Gasteiger partial charge in [0.15, 0.2) is 4.96 Å². The minimum Gasteiger partial charge on any atom is -0.317 e. The van der Waals surface area contributed by atoms with Gasteiger partial charge in [-0.3, -0.25) is 14.0 Å². The van der Waals surface area contributed by atoms with Crippen LogP contribution in [0.25, 0.3) is 4.96 Å². The van der Waals surface area contributed by atoms with Gasteiger partial charge in [0, 0.05) is 17.3 Å². The summed E-state index contributed by atoms with van der Waals surface area (Å²) in [5.74, 6) is -2.76. The number of para-hydroxylation sites is 1. The molecule has 0 spiro atoms. The molecule has 3 aromatic rings. The molecular formula is C14H9F2N3O2S. The summed E-state index contributed by atoms with van der Waals surface area (Å²) in [5, 5.41) is 3.80. The Morgan fingerprint density at radius 2 is 2.00 bits per heavy atom. The minimum absolute atomic E-state index is 0.290. The van der Waals surface area contributed by atoms with Crippen molar-refractivity contribution in [2.45, 2.75) is 6.92 Å². The summed E-state index contributed by atoms with van der Waals surface area (Å²) in [7, 11) is 0. The lowest BCUT2D eigenvalue weighted by molar-refractivity contribution is 0.102. The smallest absolute Gasteiger partial charge is 0.271 e. The summed E-state index contributed by atoms with van der Waals surface area (Å²) < 4.78 is 28.4. The largest absolute Gasteiger partial charge is 0.317 e. The van der Waals surface area contributed by atoms with Crippen molar-refractivity contribution in [2.75, 3.05) is 5.32 Å². The van der Waals surface area contributed by atoms with Gasteiger partial charge in [0.05, 0.1) is 0 Å². The number of rotatable bonds is 2. The van der Waals surface area contributed by atoms with Gasteiger partial charge in [-0.15, -0.1) is 11.3 Å². The molecule has 0 aliphatic heterocycles. The van der Waals surface area contributed by atoms with E-state index < -0.39 is 28.8 Å². The highest BCUT2D eigenvalue weighted by Gasteiger charge is 2.18. The number of carbonyl (C=O) groups is 1. The van der Waals surface area contributed by atoms with E-state index in [-0.39, 0.29) is 5.56 Å². The van der Waals surface area contributed by atoms with Gasteiger partial charge >= 0.3 is 0 Å². The van der Waals surface area contributed by atoms with Crippen molar-refractivity contribution in [1.82, 2.24) is 9.38 Å². The number of aromatic nitrogens is 2. The fourth-order valence-electron chi connectivity index (χ4n) is 1.98. The highest BCUT2D eigenvalue weighted by molar-refractivity contribution is 7.15. The van der Waals surface area contributed by atoms with Crippen LogP contribution in [0.4, 0.5) is 14.5 Å². The summed E-state index contributed by atoms with van der Waals surface area (Å²) >= 11 is 1.26. The predicted molar refractivity (Wildman–Crippen MR) is 78.4 cm³/mol. The number of nitrogens with zero attached hydrogens (tertiary/aromatic N) is 2. The number of thiazole rings is 1. The van der Waals surface area contributed by atoms with Gasteiger partial charge in [0.25, 0.3) is 11.5 Å². The second-order valence-electron chi connectivity index (χ2n) is 4.52. The van der Waals surface area contributed by atoms with Crippen molar-refractivity contribution < 1.29 is 13.6 Å². The van der Waals surface area contributed by atoms with Gasteiger partial charge in [-0.2, -0.15) is 0 Å². The van der Waals surface area contributed by atoms with Crippen molar-refractivity contribution in [1.29, 1.82) is 0 Å². The highest BCUT2D eigenvalue weighted by atomic mass is 32.1. The molecule has 2 heterocycles. The Hall–Kier alpha value is -2.61. The number of fused-ring (bicyclic) bond motifs is 1. The van der Waals surface area contributed by atoms with E-state index in [0.717, 1.165) is 18.3 Å². The summed E-state index contributed by atoms with van der Waals surface area (Å²) in [4.78, 5) is 28.9. The minimum atomic E-state index is -0.922. The van der Waals surface area contributed by atoms with E-state index in [2.05, 4.69) is 10.3 Å². The Labute approximate surface area is 126 Å². The molecule has 5 nitrogen and oxygen atoms in total. The standard InChI is InChI=1S/C14H9F2N3O2S/c1-7-6-22-14-17-5-8(13(21)19(7)14)12(20)18-11-9(15)3-2-4-10(11)16/h2-6H,1H3,(H,18,20). The summed E-state index contributed by atoms with van der Waals surface area (Å²) in [6.45, 7) is 1.70. The molecule has 1 N–H and O–H groups in total. The number of aryl methyl sites for hydroxylation is 1. The van der Waals surface area contributed by atoms with Crippen LogP contribution < -0.4 is 10.9 Å². The van der Waals surface area contributed by atoms with E-state index in [1.54, 1.807) is 12.3 Å². The summed E-state index contributed by atoms with van der Waals surface area (Å²) in [6.07, 6.45) is 1.10. The lowest BCUT2D eigenvalue weighted by Gasteiger charge is -2.07. The number of carbonyl (C=O) groups excluding carboxylic acids is 1. The molecule has 1 aromatic carbocycles. The van der Waals surface area contributed by atoms with E-state index in [1.807, 2.05) is 0 Å². The lowest BCUT2D eigenvalue weighted by Crippen LogP contribution is -2.27. The normalized spacial score (nSPS) is 10.9. The van der Waals surface area contributed by atoms with Crippen LogP contribution in [0.3, 0.4) is 0 Å². The highest BCUT2D eigenvalue weighted by Crippen LogP contribution is 2.18. The summed E-state index contributed by atoms with van der Waals surface area (Å²) in [5.41, 5.74) is -0.845. The maximum atomic E-state index is 13.5. The third-order valence-electron chi connectivity index (χ3n) is 3.06. The third kappa shape index (κ3) is 2.27. The van der Waals surface area contributed by atoms with Crippen molar-refractivity contribution in [2.24, 2.45) is 0 Å². The number of amides is 1. The van der Waals surface area contributed by atoms with Crippen LogP contribution in [0, 0.1) is 18.6 Å². The Morgan fingerprint density at radius 3 is 2.68 bits per heavy atom. The first-order valence-corrected chi connectivity index (χ1v) is 7.08. The number of hydrogen-bond acceptors (Lipinski definition) is 4. The quantitative estimate of drug-likeness (QED) is 0.789. The van der Waals surface area contributed by atoms with Crippen LogP contribution in [-0.4, -0.2) is 15.3 Å². The molecule has 0 fully saturated rings. The van der Waals surface area contributed by atoms with E-state index in [0.29, 0.717) is 10.7 Å². The van der Waals surface area contributed by atoms with Crippen LogP contribution in [0.5, 0.6) is 0 Å². The van der Waals surface area contributed by atoms with Gasteiger partial charge in [0.1, 0.15) is 22.9 Å². The van der Waals surface area contributed by atoms with E-state index in [9.17, 15) is 18.4 Å². The summed E-state index contributed by atoms with van der Waals surface area (Å²) in [6, 6.07) is 3.20. The molecule has 0 bridgehead atoms. The Morgan fingerprint density at radius 1 is 1.32 bits per heavy atom. The molecule has 112 valence electrons. The molecule has 0 saturated heterocycles. The zero-order chi connectivity index (χ0) is 15.9. The average Bonchev–Trinajstić information content (AvgIpc) is 2.85. The third-order valence-corrected chi connectivity index (χ3v) is 4.02. The van der Waals surface area contributed by atoms with Crippen LogP contribution in [0.2, 0.25) is 0 Å². The molecule has 3 rings (SSSR count). The fourth-order valence-corrected chi connectivity index (χ4v) is 2.81. The van der Waals surface area contributed by atoms with Crippen LogP contribution in [0.1, 0.15) is 16.1 Å². The maximum Gasteiger partial charge on any atom is 0.271 e. The first-order chi connectivity index (χ1) is 10.5. The van der Waals surface area contributed by atoms with E-state index in [1.165, 1.54) is 21.8 Å². The van der Waals surface area contributed by atoms with Gasteiger partial charge in [-0.1, -0.05) is 6.07 Å². The molecule has 0 aliphatic rings. The Balaban J connectivity index is 2.05. The van der Waals surface area contributed by atoms with E-state index >= 15 is 0 Å². The average molecular weight is 321 g/mol. The van der Waals surface area contributed by atoms with Gasteiger partial charge in [0.2, 0.25) is 0 Å². The molecule has 0 aliphatic carbocycles. The van der Waals surface area contributed by atoms with Crippen LogP contribution in [0.15, 0.2) is 34.6 Å². The molecule has 22 heavy (non-hydrogen) atoms. The topological polar surface area (TPSA) is 63.5 Å². The van der Waals surface area contributed by atoms with Gasteiger partial charge < -0.3 is 5.32 Å². The molecular weight excluding hydrogens is 312 g/mol. The van der Waals surface area contributed by atoms with Crippen LogP contribution >= 0.6 is 11.3 Å². The number of hydrogen-bond donors (Lipinski definition) is 1. The first-order valence-electron chi connectivity index (χ1n) is 6.20. The Bertz CT molecular complexity index is 929. The molecule has 0 saturated carbocycles. The van der Waals surface area contributed by atoms with Crippen molar-refractivity contribution in [3.05, 3.63) is 63.0 Å². The fraction of sp³-hybridized carbons (Fsp3) is 0.0714. The molecule has 8 heteroatoms. The molecule has 0 atom stereocenters. The second-order valence-corrected chi connectivity index (χ2v) is 5.36. The molecule has 0 radical (unpaired) electrons. The first kappa shape index (κ1) is 14.3.